The van der Waals surface area contributed by atoms with Crippen LogP contribution in [-0.2, 0) is 0 Å². The van der Waals surface area contributed by atoms with E-state index in [4.69, 9.17) is 5.73 Å². The molecule has 6 nitrogen and oxygen atoms in total. The molecule has 110 valence electrons. The summed E-state index contributed by atoms with van der Waals surface area (Å²) in [5, 5.41) is 10.7. The second-order valence-corrected chi connectivity index (χ2v) is 5.61. The third-order valence-corrected chi connectivity index (χ3v) is 4.09. The van der Waals surface area contributed by atoms with Crippen molar-refractivity contribution in [3.8, 4) is 11.3 Å². The topological polar surface area (TPSA) is 97.8 Å². The molecule has 0 saturated heterocycles. The Morgan fingerprint density at radius 2 is 2.05 bits per heavy atom. The van der Waals surface area contributed by atoms with Gasteiger partial charge in [-0.3, -0.25) is 10.1 Å². The number of imidazole rings is 1. The fourth-order valence-corrected chi connectivity index (χ4v) is 2.93. The van der Waals surface area contributed by atoms with Crippen molar-refractivity contribution in [2.24, 2.45) is 5.73 Å². The highest BCUT2D eigenvalue weighted by Crippen LogP contribution is 2.31. The molecular weight excluding hydrogens is 268 g/mol. The summed E-state index contributed by atoms with van der Waals surface area (Å²) in [4.78, 5) is 18.1. The largest absolute Gasteiger partial charge is 0.342 e. The smallest absolute Gasteiger partial charge is 0.269 e. The van der Waals surface area contributed by atoms with Gasteiger partial charge in [-0.2, -0.15) is 0 Å². The maximum absolute atomic E-state index is 10.7. The second kappa shape index (κ2) is 5.65. The Hall–Kier alpha value is -2.21. The van der Waals surface area contributed by atoms with E-state index in [0.717, 1.165) is 42.8 Å². The third kappa shape index (κ3) is 2.95. The molecule has 6 heteroatoms. The number of nitrogens with one attached hydrogen (secondary N) is 1. The number of nitro groups is 1. The van der Waals surface area contributed by atoms with E-state index in [9.17, 15) is 10.1 Å². The highest BCUT2D eigenvalue weighted by atomic mass is 16.6. The predicted octanol–water partition coefficient (Wildman–Crippen LogP) is 2.97. The van der Waals surface area contributed by atoms with Crippen LogP contribution < -0.4 is 5.73 Å². The van der Waals surface area contributed by atoms with E-state index >= 15 is 0 Å². The molecule has 1 saturated carbocycles. The first-order chi connectivity index (χ1) is 10.1. The van der Waals surface area contributed by atoms with Crippen LogP contribution in [0.25, 0.3) is 11.3 Å². The summed E-state index contributed by atoms with van der Waals surface area (Å²) in [6.45, 7) is 0. The van der Waals surface area contributed by atoms with Crippen molar-refractivity contribution in [2.45, 2.75) is 37.6 Å². The summed E-state index contributed by atoms with van der Waals surface area (Å²) in [5.74, 6) is 1.36. The Morgan fingerprint density at radius 1 is 1.29 bits per heavy atom. The molecule has 21 heavy (non-hydrogen) atoms. The lowest BCUT2D eigenvalue weighted by Crippen LogP contribution is -2.27. The minimum absolute atomic E-state index is 0.0942. The van der Waals surface area contributed by atoms with Crippen molar-refractivity contribution in [2.75, 3.05) is 0 Å². The Kier molecular flexibility index (Phi) is 3.70. The zero-order valence-corrected chi connectivity index (χ0v) is 11.7. The van der Waals surface area contributed by atoms with Gasteiger partial charge in [-0.05, 0) is 31.4 Å². The average molecular weight is 286 g/mol. The highest BCUT2D eigenvalue weighted by Gasteiger charge is 2.23. The lowest BCUT2D eigenvalue weighted by Gasteiger charge is -2.24. The monoisotopic (exact) mass is 286 g/mol. The third-order valence-electron chi connectivity index (χ3n) is 4.09. The fraction of sp³-hybridized carbons (Fsp3) is 0.400. The van der Waals surface area contributed by atoms with Gasteiger partial charge in [-0.1, -0.05) is 6.42 Å². The van der Waals surface area contributed by atoms with Crippen LogP contribution in [0.15, 0.2) is 30.5 Å². The molecule has 0 bridgehead atoms. The van der Waals surface area contributed by atoms with Gasteiger partial charge in [-0.15, -0.1) is 0 Å². The molecule has 2 aromatic rings. The van der Waals surface area contributed by atoms with Crippen molar-refractivity contribution in [1.82, 2.24) is 9.97 Å². The molecule has 1 aromatic carbocycles. The highest BCUT2D eigenvalue weighted by molar-refractivity contribution is 5.60. The number of aromatic amines is 1. The number of H-pyrrole nitrogens is 1. The Bertz CT molecular complexity index is 635. The molecule has 1 heterocycles. The molecule has 0 radical (unpaired) electrons. The molecule has 0 aliphatic heterocycles. The minimum Gasteiger partial charge on any atom is -0.342 e. The van der Waals surface area contributed by atoms with E-state index in [1.807, 2.05) is 0 Å². The number of rotatable bonds is 3. The molecule has 0 amide bonds. The Labute approximate surface area is 122 Å². The second-order valence-electron chi connectivity index (χ2n) is 5.61. The molecule has 2 atom stereocenters. The van der Waals surface area contributed by atoms with Gasteiger partial charge in [0.15, 0.2) is 0 Å². The van der Waals surface area contributed by atoms with Crippen LogP contribution in [0.3, 0.4) is 0 Å². The minimum atomic E-state index is -0.397. The van der Waals surface area contributed by atoms with Crippen LogP contribution in [0.1, 0.15) is 37.4 Å². The average Bonchev–Trinajstić information content (AvgIpc) is 2.97. The number of nitrogens with zero attached hydrogens (tertiary/aromatic N) is 2. The summed E-state index contributed by atoms with van der Waals surface area (Å²) < 4.78 is 0. The normalized spacial score (nSPS) is 22.1. The van der Waals surface area contributed by atoms with Crippen LogP contribution in [0, 0.1) is 10.1 Å². The van der Waals surface area contributed by atoms with Crippen LogP contribution in [-0.4, -0.2) is 20.9 Å². The van der Waals surface area contributed by atoms with Crippen LogP contribution >= 0.6 is 0 Å². The number of hydrogen-bond acceptors (Lipinski definition) is 4. The zero-order valence-electron chi connectivity index (χ0n) is 11.7. The number of nitro benzene ring substituents is 1. The molecule has 2 unspecified atom stereocenters. The van der Waals surface area contributed by atoms with E-state index in [-0.39, 0.29) is 11.7 Å². The Balaban J connectivity index is 1.79. The van der Waals surface area contributed by atoms with E-state index in [2.05, 4.69) is 9.97 Å². The quantitative estimate of drug-likeness (QED) is 0.669. The van der Waals surface area contributed by atoms with E-state index in [1.54, 1.807) is 18.3 Å². The molecule has 3 N–H and O–H groups in total. The SMILES string of the molecule is NC1CCCC(c2ncc(-c3ccc([N+](=O)[O-])cc3)[nH]2)C1. The van der Waals surface area contributed by atoms with Gasteiger partial charge in [0.05, 0.1) is 16.8 Å². The molecule has 1 aliphatic carbocycles. The van der Waals surface area contributed by atoms with Gasteiger partial charge in [0, 0.05) is 29.7 Å². The number of hydrogen-bond donors (Lipinski definition) is 2. The van der Waals surface area contributed by atoms with Crippen molar-refractivity contribution in [1.29, 1.82) is 0 Å². The number of nitrogens with two attached hydrogens (primary N) is 1. The molecule has 1 fully saturated rings. The lowest BCUT2D eigenvalue weighted by atomic mass is 9.86. The number of non-ortho nitro benzene ring substituents is 1. The molecule has 0 spiro atoms. The lowest BCUT2D eigenvalue weighted by molar-refractivity contribution is -0.384. The number of benzene rings is 1. The van der Waals surface area contributed by atoms with Crippen LogP contribution in [0.2, 0.25) is 0 Å². The van der Waals surface area contributed by atoms with Crippen molar-refractivity contribution < 1.29 is 4.92 Å². The predicted molar refractivity (Wildman–Crippen MR) is 79.9 cm³/mol. The van der Waals surface area contributed by atoms with E-state index in [0.29, 0.717) is 5.92 Å². The van der Waals surface area contributed by atoms with E-state index < -0.39 is 4.92 Å². The van der Waals surface area contributed by atoms with Gasteiger partial charge in [-0.25, -0.2) is 4.98 Å². The summed E-state index contributed by atoms with van der Waals surface area (Å²) >= 11 is 0. The summed E-state index contributed by atoms with van der Waals surface area (Å²) in [6.07, 6.45) is 6.09. The zero-order chi connectivity index (χ0) is 14.8. The van der Waals surface area contributed by atoms with Crippen molar-refractivity contribution in [3.05, 3.63) is 46.4 Å². The van der Waals surface area contributed by atoms with Gasteiger partial charge < -0.3 is 10.7 Å². The van der Waals surface area contributed by atoms with E-state index in [1.165, 1.54) is 12.1 Å². The first-order valence-corrected chi connectivity index (χ1v) is 7.19. The first-order valence-electron chi connectivity index (χ1n) is 7.19. The molecule has 1 aromatic heterocycles. The van der Waals surface area contributed by atoms with Gasteiger partial charge in [0.2, 0.25) is 0 Å². The molecule has 1 aliphatic rings. The van der Waals surface area contributed by atoms with Gasteiger partial charge in [0.25, 0.3) is 5.69 Å². The maximum Gasteiger partial charge on any atom is 0.269 e. The standard InChI is InChI=1S/C15H18N4O2/c16-12-3-1-2-11(8-12)15-17-9-14(18-15)10-4-6-13(7-5-10)19(20)21/h4-7,9,11-12H,1-3,8,16H2,(H,17,18). The summed E-state index contributed by atoms with van der Waals surface area (Å²) in [6, 6.07) is 6.75. The fourth-order valence-electron chi connectivity index (χ4n) is 2.93. The first kappa shape index (κ1) is 13.8. The van der Waals surface area contributed by atoms with Crippen LogP contribution in [0.5, 0.6) is 0 Å². The summed E-state index contributed by atoms with van der Waals surface area (Å²) in [7, 11) is 0. The number of aromatic nitrogens is 2. The van der Waals surface area contributed by atoms with Crippen LogP contribution in [0.4, 0.5) is 5.69 Å². The van der Waals surface area contributed by atoms with Gasteiger partial charge >= 0.3 is 0 Å². The molecule has 3 rings (SSSR count). The summed E-state index contributed by atoms with van der Waals surface area (Å²) in [5.41, 5.74) is 7.90. The molecular formula is C15H18N4O2. The van der Waals surface area contributed by atoms with Crippen molar-refractivity contribution in [3.63, 3.8) is 0 Å². The maximum atomic E-state index is 10.7. The van der Waals surface area contributed by atoms with Crippen molar-refractivity contribution >= 4 is 5.69 Å². The Morgan fingerprint density at radius 3 is 2.71 bits per heavy atom. The van der Waals surface area contributed by atoms with Gasteiger partial charge in [0.1, 0.15) is 5.82 Å².